The second-order valence-electron chi connectivity index (χ2n) is 9.12. The molecule has 172 valence electrons. The normalized spacial score (nSPS) is 11.8. The average Bonchev–Trinajstić information content (AvgIpc) is 3.37. The smallest absolute Gasteiger partial charge is 0.315 e. The Morgan fingerprint density at radius 3 is 2.39 bits per heavy atom. The number of fused-ring (bicyclic) bond motifs is 1. The van der Waals surface area contributed by atoms with Gasteiger partial charge in [-0.25, -0.2) is 14.5 Å². The number of nitrogens with zero attached hydrogens (tertiary/aromatic N) is 6. The van der Waals surface area contributed by atoms with Crippen LogP contribution >= 0.6 is 0 Å². The van der Waals surface area contributed by atoms with E-state index in [-0.39, 0.29) is 29.0 Å². The van der Waals surface area contributed by atoms with Gasteiger partial charge in [0.1, 0.15) is 12.4 Å². The highest BCUT2D eigenvalue weighted by Gasteiger charge is 2.17. The van der Waals surface area contributed by atoms with Gasteiger partial charge in [0.2, 0.25) is 5.91 Å². The van der Waals surface area contributed by atoms with Crippen molar-refractivity contribution < 1.29 is 4.79 Å². The number of anilines is 1. The molecule has 0 spiro atoms. The standard InChI is InChI=1S/C23H27N7O3/c1-23(2,3)16-8-6-15(7-9-16)12-30-17(10-11-25-30)26-18(31)13-29-14-24-20-19(29)21(32)28(5)22(33)27(20)4/h6-11,14H,12-13H2,1-5H3,(H,26,31). The molecule has 3 aromatic heterocycles. The zero-order valence-corrected chi connectivity index (χ0v) is 19.4. The quantitative estimate of drug-likeness (QED) is 0.498. The van der Waals surface area contributed by atoms with Crippen molar-refractivity contribution in [3.05, 3.63) is 74.8 Å². The van der Waals surface area contributed by atoms with Crippen molar-refractivity contribution in [2.24, 2.45) is 14.1 Å². The first-order chi connectivity index (χ1) is 15.6. The van der Waals surface area contributed by atoms with Crippen LogP contribution in [0.3, 0.4) is 0 Å². The van der Waals surface area contributed by atoms with Gasteiger partial charge in [-0.15, -0.1) is 0 Å². The van der Waals surface area contributed by atoms with Crippen molar-refractivity contribution in [2.45, 2.75) is 39.3 Å². The minimum atomic E-state index is -0.498. The van der Waals surface area contributed by atoms with Crippen molar-refractivity contribution in [3.63, 3.8) is 0 Å². The molecule has 1 amide bonds. The van der Waals surface area contributed by atoms with Crippen molar-refractivity contribution in [3.8, 4) is 0 Å². The molecule has 10 nitrogen and oxygen atoms in total. The molecule has 0 atom stereocenters. The van der Waals surface area contributed by atoms with E-state index in [0.717, 1.165) is 10.1 Å². The van der Waals surface area contributed by atoms with E-state index in [1.54, 1.807) is 16.9 Å². The minimum Gasteiger partial charge on any atom is -0.315 e. The van der Waals surface area contributed by atoms with Crippen LogP contribution < -0.4 is 16.6 Å². The largest absolute Gasteiger partial charge is 0.332 e. The van der Waals surface area contributed by atoms with Crippen LogP contribution in [0.15, 0.2) is 52.4 Å². The first-order valence-electron chi connectivity index (χ1n) is 10.6. The van der Waals surface area contributed by atoms with E-state index in [2.05, 4.69) is 60.4 Å². The molecule has 0 aliphatic carbocycles. The van der Waals surface area contributed by atoms with E-state index in [1.165, 1.54) is 35.1 Å². The molecule has 0 bridgehead atoms. The number of benzene rings is 1. The number of aromatic nitrogens is 6. The number of rotatable bonds is 5. The Kier molecular flexibility index (Phi) is 5.52. The Morgan fingerprint density at radius 2 is 1.73 bits per heavy atom. The van der Waals surface area contributed by atoms with Gasteiger partial charge in [0, 0.05) is 20.2 Å². The number of nitrogens with one attached hydrogen (secondary N) is 1. The summed E-state index contributed by atoms with van der Waals surface area (Å²) in [5.74, 6) is 0.208. The van der Waals surface area contributed by atoms with Crippen molar-refractivity contribution in [2.75, 3.05) is 5.32 Å². The predicted octanol–water partition coefficient (Wildman–Crippen LogP) is 1.61. The molecule has 33 heavy (non-hydrogen) atoms. The fourth-order valence-electron chi connectivity index (χ4n) is 3.70. The Morgan fingerprint density at radius 1 is 1.03 bits per heavy atom. The van der Waals surface area contributed by atoms with E-state index < -0.39 is 11.2 Å². The molecule has 1 aromatic carbocycles. The maximum absolute atomic E-state index is 12.8. The summed E-state index contributed by atoms with van der Waals surface area (Å²) < 4.78 is 5.43. The maximum Gasteiger partial charge on any atom is 0.332 e. The molecular weight excluding hydrogens is 422 g/mol. The van der Waals surface area contributed by atoms with E-state index in [1.807, 2.05) is 0 Å². The molecule has 0 fully saturated rings. The maximum atomic E-state index is 12.8. The van der Waals surface area contributed by atoms with Crippen LogP contribution in [0.5, 0.6) is 0 Å². The van der Waals surface area contributed by atoms with Crippen molar-refractivity contribution in [1.29, 1.82) is 0 Å². The molecule has 0 saturated carbocycles. The number of hydrogen-bond acceptors (Lipinski definition) is 5. The summed E-state index contributed by atoms with van der Waals surface area (Å²) in [6.45, 7) is 6.88. The lowest BCUT2D eigenvalue weighted by Crippen LogP contribution is -2.37. The monoisotopic (exact) mass is 449 g/mol. The first kappa shape index (κ1) is 22.3. The van der Waals surface area contributed by atoms with E-state index in [0.29, 0.717) is 12.4 Å². The molecule has 0 radical (unpaired) electrons. The number of aryl methyl sites for hydroxylation is 1. The van der Waals surface area contributed by atoms with E-state index in [4.69, 9.17) is 0 Å². The van der Waals surface area contributed by atoms with Gasteiger partial charge in [0.25, 0.3) is 5.56 Å². The molecule has 4 rings (SSSR count). The SMILES string of the molecule is Cn1c(=O)c2c(ncn2CC(=O)Nc2ccnn2Cc2ccc(C(C)(C)C)cc2)n(C)c1=O. The topological polar surface area (TPSA) is 109 Å². The number of carbonyl (C=O) groups is 1. The summed E-state index contributed by atoms with van der Waals surface area (Å²) in [4.78, 5) is 41.6. The van der Waals surface area contributed by atoms with Crippen LogP contribution in [-0.4, -0.2) is 34.4 Å². The lowest BCUT2D eigenvalue weighted by atomic mass is 9.87. The molecule has 0 saturated heterocycles. The van der Waals surface area contributed by atoms with Gasteiger partial charge in [-0.05, 0) is 16.5 Å². The van der Waals surface area contributed by atoms with Crippen LogP contribution in [0.2, 0.25) is 0 Å². The third-order valence-corrected chi connectivity index (χ3v) is 5.67. The minimum absolute atomic E-state index is 0.0775. The summed E-state index contributed by atoms with van der Waals surface area (Å²) >= 11 is 0. The second-order valence-corrected chi connectivity index (χ2v) is 9.12. The van der Waals surface area contributed by atoms with Gasteiger partial charge in [-0.3, -0.25) is 18.7 Å². The fraction of sp³-hybridized carbons (Fsp3) is 0.348. The summed E-state index contributed by atoms with van der Waals surface area (Å²) in [6, 6.07) is 10.1. The Bertz CT molecular complexity index is 1450. The molecule has 4 aromatic rings. The number of amides is 1. The van der Waals surface area contributed by atoms with Crippen LogP contribution in [-0.2, 0) is 37.4 Å². The molecule has 1 N–H and O–H groups in total. The van der Waals surface area contributed by atoms with Crippen LogP contribution in [0.1, 0.15) is 31.9 Å². The Hall–Kier alpha value is -3.95. The number of carbonyl (C=O) groups excluding carboxylic acids is 1. The fourth-order valence-corrected chi connectivity index (χ4v) is 3.70. The highest BCUT2D eigenvalue weighted by molar-refractivity contribution is 5.90. The lowest BCUT2D eigenvalue weighted by Gasteiger charge is -2.19. The molecular formula is C23H27N7O3. The van der Waals surface area contributed by atoms with Gasteiger partial charge in [-0.1, -0.05) is 45.0 Å². The van der Waals surface area contributed by atoms with Crippen molar-refractivity contribution in [1.82, 2.24) is 28.5 Å². The highest BCUT2D eigenvalue weighted by Crippen LogP contribution is 2.22. The third kappa shape index (κ3) is 4.23. The third-order valence-electron chi connectivity index (χ3n) is 5.67. The lowest BCUT2D eigenvalue weighted by molar-refractivity contribution is -0.116. The number of imidazole rings is 1. The zero-order valence-electron chi connectivity index (χ0n) is 19.4. The van der Waals surface area contributed by atoms with Crippen molar-refractivity contribution >= 4 is 22.9 Å². The Labute approximate surface area is 190 Å². The van der Waals surface area contributed by atoms with E-state index >= 15 is 0 Å². The number of hydrogen-bond donors (Lipinski definition) is 1. The van der Waals surface area contributed by atoms with Gasteiger partial charge in [0.05, 0.1) is 19.1 Å². The molecule has 0 aliphatic rings. The van der Waals surface area contributed by atoms with Gasteiger partial charge >= 0.3 is 5.69 Å². The predicted molar refractivity (Wildman–Crippen MR) is 125 cm³/mol. The summed E-state index contributed by atoms with van der Waals surface area (Å²) in [5, 5.41) is 7.17. The Balaban J connectivity index is 1.52. The van der Waals surface area contributed by atoms with Crippen LogP contribution in [0, 0.1) is 0 Å². The summed E-state index contributed by atoms with van der Waals surface area (Å²) in [5.41, 5.74) is 1.85. The molecule has 0 aliphatic heterocycles. The van der Waals surface area contributed by atoms with Crippen LogP contribution in [0.4, 0.5) is 5.82 Å². The average molecular weight is 450 g/mol. The van der Waals surface area contributed by atoms with Crippen LogP contribution in [0.25, 0.3) is 11.2 Å². The van der Waals surface area contributed by atoms with Gasteiger partial charge < -0.3 is 9.88 Å². The van der Waals surface area contributed by atoms with Gasteiger partial charge in [0.15, 0.2) is 11.2 Å². The second kappa shape index (κ2) is 8.19. The molecule has 0 unspecified atom stereocenters. The highest BCUT2D eigenvalue weighted by atomic mass is 16.2. The summed E-state index contributed by atoms with van der Waals surface area (Å²) in [6.07, 6.45) is 3.01. The first-order valence-corrected chi connectivity index (χ1v) is 10.6. The zero-order chi connectivity index (χ0) is 23.9. The summed E-state index contributed by atoms with van der Waals surface area (Å²) in [7, 11) is 2.93. The molecule has 10 heteroatoms. The molecule has 3 heterocycles. The van der Waals surface area contributed by atoms with E-state index in [9.17, 15) is 14.4 Å². The van der Waals surface area contributed by atoms with Gasteiger partial charge in [-0.2, -0.15) is 5.10 Å².